The highest BCUT2D eigenvalue weighted by atomic mass is 16.5. The predicted molar refractivity (Wildman–Crippen MR) is 80.3 cm³/mol. The molecule has 1 aromatic rings. The predicted octanol–water partition coefficient (Wildman–Crippen LogP) is 1.73. The van der Waals surface area contributed by atoms with Gasteiger partial charge < -0.3 is 15.8 Å². The van der Waals surface area contributed by atoms with Crippen molar-refractivity contribution in [3.63, 3.8) is 0 Å². The monoisotopic (exact) mass is 261 g/mol. The van der Waals surface area contributed by atoms with Gasteiger partial charge in [-0.15, -0.1) is 0 Å². The molecule has 19 heavy (non-hydrogen) atoms. The second-order valence-electron chi connectivity index (χ2n) is 4.44. The third-order valence-electron chi connectivity index (χ3n) is 2.43. The average molecular weight is 261 g/mol. The second-order valence-corrected chi connectivity index (χ2v) is 4.44. The van der Waals surface area contributed by atoms with Crippen LogP contribution in [0.4, 0.5) is 0 Å². The van der Waals surface area contributed by atoms with E-state index in [9.17, 15) is 0 Å². The summed E-state index contributed by atoms with van der Waals surface area (Å²) in [4.78, 5) is 4.18. The topological polar surface area (TPSA) is 59.6 Å². The lowest BCUT2D eigenvalue weighted by Crippen LogP contribution is -2.33. The molecule has 0 aliphatic rings. The largest absolute Gasteiger partial charge is 0.375 e. The maximum atomic E-state index is 5.75. The van der Waals surface area contributed by atoms with E-state index in [2.05, 4.69) is 29.0 Å². The van der Waals surface area contributed by atoms with Crippen LogP contribution in [0.25, 0.3) is 0 Å². The van der Waals surface area contributed by atoms with Crippen LogP contribution in [-0.4, -0.2) is 32.3 Å². The number of nitrogens with two attached hydrogens (primary N) is 1. The molecule has 0 saturated carbocycles. The zero-order valence-electron chi connectivity index (χ0n) is 11.6. The molecule has 0 fully saturated rings. The first-order valence-corrected chi connectivity index (χ1v) is 6.48. The Balaban J connectivity index is 2.10. The highest BCUT2D eigenvalue weighted by Gasteiger charge is 1.94. The minimum absolute atomic E-state index is 0.467. The first-order valence-electron chi connectivity index (χ1n) is 6.48. The summed E-state index contributed by atoms with van der Waals surface area (Å²) in [5.74, 6) is 0.467. The maximum absolute atomic E-state index is 5.75. The number of aliphatic imine (C=N–C) groups is 1. The molecule has 0 saturated heterocycles. The van der Waals surface area contributed by atoms with Crippen molar-refractivity contribution in [3.8, 4) is 0 Å². The fraction of sp³-hybridized carbons (Fsp3) is 0.400. The third-order valence-corrected chi connectivity index (χ3v) is 2.43. The zero-order chi connectivity index (χ0) is 13.9. The maximum Gasteiger partial charge on any atom is 0.188 e. The number of guanidine groups is 1. The molecule has 0 atom stereocenters. The van der Waals surface area contributed by atoms with Crippen molar-refractivity contribution >= 4 is 5.96 Å². The lowest BCUT2D eigenvalue weighted by molar-refractivity contribution is 0.164. The van der Waals surface area contributed by atoms with Gasteiger partial charge in [0, 0.05) is 6.54 Å². The Morgan fingerprint density at radius 3 is 2.79 bits per heavy atom. The third kappa shape index (κ3) is 8.00. The summed E-state index contributed by atoms with van der Waals surface area (Å²) in [6.07, 6.45) is 0.934. The summed E-state index contributed by atoms with van der Waals surface area (Å²) in [5.41, 5.74) is 8.04. The van der Waals surface area contributed by atoms with Crippen molar-refractivity contribution in [2.24, 2.45) is 10.7 Å². The Bertz CT molecular complexity index is 401. The summed E-state index contributed by atoms with van der Waals surface area (Å²) in [6.45, 7) is 8.19. The van der Waals surface area contributed by atoms with Crippen LogP contribution in [-0.2, 0) is 11.2 Å². The summed E-state index contributed by atoms with van der Waals surface area (Å²) in [7, 11) is 0. The van der Waals surface area contributed by atoms with Gasteiger partial charge >= 0.3 is 0 Å². The van der Waals surface area contributed by atoms with Crippen molar-refractivity contribution in [1.82, 2.24) is 5.32 Å². The lowest BCUT2D eigenvalue weighted by Gasteiger charge is -2.06. The fourth-order valence-electron chi connectivity index (χ4n) is 1.51. The Hall–Kier alpha value is -1.81. The van der Waals surface area contributed by atoms with Crippen molar-refractivity contribution in [2.45, 2.75) is 13.3 Å². The minimum atomic E-state index is 0.467. The van der Waals surface area contributed by atoms with E-state index in [1.54, 1.807) is 0 Å². The van der Waals surface area contributed by atoms with E-state index in [1.807, 2.05) is 25.1 Å². The highest BCUT2D eigenvalue weighted by molar-refractivity contribution is 5.77. The van der Waals surface area contributed by atoms with Gasteiger partial charge in [-0.3, -0.25) is 4.99 Å². The molecule has 0 bridgehead atoms. The fourth-order valence-corrected chi connectivity index (χ4v) is 1.51. The van der Waals surface area contributed by atoms with Crippen molar-refractivity contribution < 1.29 is 4.74 Å². The van der Waals surface area contributed by atoms with E-state index in [0.29, 0.717) is 25.7 Å². The average Bonchev–Trinajstić information content (AvgIpc) is 2.39. The quantitative estimate of drug-likeness (QED) is 0.324. The molecule has 4 heteroatoms. The number of hydrogen-bond acceptors (Lipinski definition) is 2. The summed E-state index contributed by atoms with van der Waals surface area (Å²) < 4.78 is 5.33. The van der Waals surface area contributed by atoms with E-state index >= 15 is 0 Å². The number of ether oxygens (including phenoxy) is 1. The van der Waals surface area contributed by atoms with Crippen LogP contribution in [0.3, 0.4) is 0 Å². The summed E-state index contributed by atoms with van der Waals surface area (Å²) >= 11 is 0. The van der Waals surface area contributed by atoms with Gasteiger partial charge in [-0.1, -0.05) is 42.5 Å². The first kappa shape index (κ1) is 15.2. The molecule has 0 unspecified atom stereocenters. The Labute approximate surface area is 115 Å². The van der Waals surface area contributed by atoms with E-state index in [4.69, 9.17) is 10.5 Å². The standard InChI is InChI=1S/C15H23N3O/c1-13(2)12-19-11-10-18-15(16)17-9-8-14-6-4-3-5-7-14/h3-7H,1,8-12H2,2H3,(H3,16,17,18). The number of nitrogens with one attached hydrogen (secondary N) is 1. The molecule has 0 heterocycles. The number of benzene rings is 1. The molecule has 1 rings (SSSR count). The van der Waals surface area contributed by atoms with Gasteiger partial charge in [0.2, 0.25) is 0 Å². The van der Waals surface area contributed by atoms with Crippen LogP contribution in [0.15, 0.2) is 47.5 Å². The Morgan fingerprint density at radius 2 is 2.11 bits per heavy atom. The van der Waals surface area contributed by atoms with Gasteiger partial charge in [0.15, 0.2) is 5.96 Å². The molecule has 0 radical (unpaired) electrons. The zero-order valence-corrected chi connectivity index (χ0v) is 11.6. The Morgan fingerprint density at radius 1 is 1.37 bits per heavy atom. The van der Waals surface area contributed by atoms with Gasteiger partial charge in [-0.25, -0.2) is 0 Å². The van der Waals surface area contributed by atoms with Crippen molar-refractivity contribution in [2.75, 3.05) is 26.3 Å². The minimum Gasteiger partial charge on any atom is -0.375 e. The summed E-state index contributed by atoms with van der Waals surface area (Å²) in [6, 6.07) is 10.3. The van der Waals surface area contributed by atoms with Crippen molar-refractivity contribution in [1.29, 1.82) is 0 Å². The van der Waals surface area contributed by atoms with Gasteiger partial charge in [-0.05, 0) is 18.9 Å². The molecule has 0 aliphatic carbocycles. The Kier molecular flexibility index (Phi) is 7.35. The van der Waals surface area contributed by atoms with E-state index < -0.39 is 0 Å². The van der Waals surface area contributed by atoms with Crippen LogP contribution in [0.2, 0.25) is 0 Å². The van der Waals surface area contributed by atoms with Crippen molar-refractivity contribution in [3.05, 3.63) is 48.0 Å². The van der Waals surface area contributed by atoms with Crippen LogP contribution < -0.4 is 11.1 Å². The van der Waals surface area contributed by atoms with E-state index in [1.165, 1.54) is 5.56 Å². The SMILES string of the molecule is C=C(C)COCCN=C(N)NCCc1ccccc1. The van der Waals surface area contributed by atoms with Gasteiger partial charge in [0.25, 0.3) is 0 Å². The van der Waals surface area contributed by atoms with E-state index in [-0.39, 0.29) is 0 Å². The highest BCUT2D eigenvalue weighted by Crippen LogP contribution is 1.97. The summed E-state index contributed by atoms with van der Waals surface area (Å²) in [5, 5.41) is 3.09. The number of hydrogen-bond donors (Lipinski definition) is 2. The molecule has 0 amide bonds. The number of nitrogens with zero attached hydrogens (tertiary/aromatic N) is 1. The molecule has 0 aliphatic heterocycles. The molecule has 3 N–H and O–H groups in total. The normalized spacial score (nSPS) is 11.3. The molecular formula is C15H23N3O. The van der Waals surface area contributed by atoms with Crippen LogP contribution in [0, 0.1) is 0 Å². The molecule has 4 nitrogen and oxygen atoms in total. The molecule has 0 spiro atoms. The van der Waals surface area contributed by atoms with E-state index in [0.717, 1.165) is 18.5 Å². The van der Waals surface area contributed by atoms with Gasteiger partial charge in [0.1, 0.15) is 0 Å². The molecule has 1 aromatic carbocycles. The smallest absolute Gasteiger partial charge is 0.188 e. The van der Waals surface area contributed by atoms with Gasteiger partial charge in [-0.2, -0.15) is 0 Å². The van der Waals surface area contributed by atoms with Crippen LogP contribution in [0.5, 0.6) is 0 Å². The van der Waals surface area contributed by atoms with Gasteiger partial charge in [0.05, 0.1) is 19.8 Å². The molecule has 0 aromatic heterocycles. The van der Waals surface area contributed by atoms with Crippen LogP contribution in [0.1, 0.15) is 12.5 Å². The molecular weight excluding hydrogens is 238 g/mol. The second kappa shape index (κ2) is 9.16. The number of rotatable bonds is 8. The lowest BCUT2D eigenvalue weighted by atomic mass is 10.1. The molecule has 104 valence electrons. The van der Waals surface area contributed by atoms with Crippen LogP contribution >= 0.6 is 0 Å². The first-order chi connectivity index (χ1) is 9.18.